The number of fused-ring (bicyclic) bond motifs is 6. The number of benzene rings is 8. The smallest absolute Gasteiger partial charge is 0.160 e. The minimum atomic E-state index is 0.703. The topological polar surface area (TPSA) is 38.9 Å². The van der Waals surface area contributed by atoms with E-state index in [2.05, 4.69) is 164 Å². The molecule has 0 aliphatic carbocycles. The van der Waals surface area contributed by atoms with Crippen molar-refractivity contribution in [2.75, 3.05) is 0 Å². The zero-order valence-electron chi connectivity index (χ0n) is 27.6. The lowest BCUT2D eigenvalue weighted by Crippen LogP contribution is -1.96. The molecule has 238 valence electrons. The van der Waals surface area contributed by atoms with Gasteiger partial charge in [-0.3, -0.25) is 0 Å². The summed E-state index contributed by atoms with van der Waals surface area (Å²) < 4.78 is 6.30. The van der Waals surface area contributed by atoms with Crippen molar-refractivity contribution in [3.63, 3.8) is 0 Å². The molecule has 0 unspecified atom stereocenters. The fourth-order valence-electron chi connectivity index (χ4n) is 7.29. The summed E-state index contributed by atoms with van der Waals surface area (Å²) in [6.07, 6.45) is 0. The van der Waals surface area contributed by atoms with Crippen LogP contribution >= 0.6 is 0 Å². The molecule has 10 aromatic rings. The van der Waals surface area contributed by atoms with Crippen LogP contribution in [0.25, 0.3) is 99.6 Å². The summed E-state index contributed by atoms with van der Waals surface area (Å²) >= 11 is 0. The Hall–Kier alpha value is -6.84. The Labute approximate surface area is 295 Å². The predicted octanol–water partition coefficient (Wildman–Crippen LogP) is 13.0. The Balaban J connectivity index is 1.06. The van der Waals surface area contributed by atoms with Gasteiger partial charge in [0.2, 0.25) is 0 Å². The van der Waals surface area contributed by atoms with Gasteiger partial charge in [-0.25, -0.2) is 9.97 Å². The summed E-state index contributed by atoms with van der Waals surface area (Å²) in [6.45, 7) is 0. The van der Waals surface area contributed by atoms with Gasteiger partial charge >= 0.3 is 0 Å². The Morgan fingerprint density at radius 2 is 0.902 bits per heavy atom. The molecule has 0 saturated carbocycles. The van der Waals surface area contributed by atoms with Gasteiger partial charge in [-0.15, -0.1) is 0 Å². The normalized spacial score (nSPS) is 11.5. The van der Waals surface area contributed by atoms with Crippen molar-refractivity contribution in [1.29, 1.82) is 0 Å². The number of furan rings is 1. The number of para-hydroxylation sites is 2. The molecule has 0 amide bonds. The van der Waals surface area contributed by atoms with Crippen molar-refractivity contribution >= 4 is 43.6 Å². The van der Waals surface area contributed by atoms with E-state index < -0.39 is 0 Å². The molecule has 3 heteroatoms. The minimum Gasteiger partial charge on any atom is -0.455 e. The van der Waals surface area contributed by atoms with Gasteiger partial charge in [-0.05, 0) is 87.3 Å². The molecule has 51 heavy (non-hydrogen) atoms. The Bertz CT molecular complexity index is 2830. The third-order valence-corrected chi connectivity index (χ3v) is 9.86. The SMILES string of the molecule is c1ccc(-c2cc(-c3ccccc3)cc(-c3nc(-c4ccc(-c5ccc6c(ccc7c8ccccc8oc67)c5)cc4)c4ccccc4n3)c2)cc1. The van der Waals surface area contributed by atoms with Crippen LogP contribution in [0.2, 0.25) is 0 Å². The second-order valence-corrected chi connectivity index (χ2v) is 13.0. The summed E-state index contributed by atoms with van der Waals surface area (Å²) in [5.74, 6) is 0.703. The average Bonchev–Trinajstić information content (AvgIpc) is 3.60. The van der Waals surface area contributed by atoms with Crippen molar-refractivity contribution in [1.82, 2.24) is 9.97 Å². The first-order valence-electron chi connectivity index (χ1n) is 17.2. The van der Waals surface area contributed by atoms with Crippen LogP contribution in [-0.2, 0) is 0 Å². The molecule has 0 atom stereocenters. The van der Waals surface area contributed by atoms with Crippen LogP contribution in [0.1, 0.15) is 0 Å². The van der Waals surface area contributed by atoms with E-state index in [-0.39, 0.29) is 0 Å². The first-order chi connectivity index (χ1) is 25.2. The Morgan fingerprint density at radius 1 is 0.333 bits per heavy atom. The maximum Gasteiger partial charge on any atom is 0.160 e. The van der Waals surface area contributed by atoms with Crippen LogP contribution in [-0.4, -0.2) is 9.97 Å². The average molecular weight is 651 g/mol. The molecule has 0 radical (unpaired) electrons. The maximum absolute atomic E-state index is 6.30. The summed E-state index contributed by atoms with van der Waals surface area (Å²) in [5, 5.41) is 5.60. The van der Waals surface area contributed by atoms with Gasteiger partial charge in [0.25, 0.3) is 0 Å². The van der Waals surface area contributed by atoms with E-state index in [4.69, 9.17) is 14.4 Å². The Kier molecular flexibility index (Phi) is 6.81. The van der Waals surface area contributed by atoms with Gasteiger partial charge in [0.1, 0.15) is 11.2 Å². The molecule has 0 aliphatic heterocycles. The zero-order chi connectivity index (χ0) is 33.7. The third kappa shape index (κ3) is 5.15. The van der Waals surface area contributed by atoms with E-state index in [1.54, 1.807) is 0 Å². The molecule has 0 fully saturated rings. The molecule has 0 aliphatic rings. The molecule has 3 nitrogen and oxygen atoms in total. The summed E-state index contributed by atoms with van der Waals surface area (Å²) in [4.78, 5) is 10.4. The van der Waals surface area contributed by atoms with Crippen molar-refractivity contribution in [2.24, 2.45) is 0 Å². The van der Waals surface area contributed by atoms with Gasteiger partial charge in [0.15, 0.2) is 5.82 Å². The standard InChI is InChI=1S/C48H30N2O/c1-3-11-31(12-4-1)37-28-38(32-13-5-2-6-14-32)30-39(29-37)48-49-44-17-9-7-16-43(44)46(50-48)34-21-19-33(20-22-34)35-23-25-40-36(27-35)24-26-42-41-15-8-10-18-45(41)51-47(40)42/h1-30H. The third-order valence-electron chi connectivity index (χ3n) is 9.86. The van der Waals surface area contributed by atoms with E-state index in [0.29, 0.717) is 5.82 Å². The maximum atomic E-state index is 6.30. The largest absolute Gasteiger partial charge is 0.455 e. The van der Waals surface area contributed by atoms with Crippen molar-refractivity contribution < 1.29 is 4.42 Å². The highest BCUT2D eigenvalue weighted by atomic mass is 16.3. The van der Waals surface area contributed by atoms with E-state index >= 15 is 0 Å². The fraction of sp³-hybridized carbons (Fsp3) is 0. The lowest BCUT2D eigenvalue weighted by Gasteiger charge is -2.13. The molecule has 10 rings (SSSR count). The second-order valence-electron chi connectivity index (χ2n) is 13.0. The second kappa shape index (κ2) is 11.9. The molecule has 0 spiro atoms. The molecule has 2 heterocycles. The molecule has 8 aromatic carbocycles. The number of aromatic nitrogens is 2. The van der Waals surface area contributed by atoms with Crippen LogP contribution in [0.5, 0.6) is 0 Å². The summed E-state index contributed by atoms with van der Waals surface area (Å²) in [7, 11) is 0. The number of rotatable bonds is 5. The highest BCUT2D eigenvalue weighted by Crippen LogP contribution is 2.37. The van der Waals surface area contributed by atoms with Gasteiger partial charge in [-0.2, -0.15) is 0 Å². The molecule has 2 aromatic heterocycles. The molecule has 0 saturated heterocycles. The van der Waals surface area contributed by atoms with Gasteiger partial charge in [0, 0.05) is 32.7 Å². The van der Waals surface area contributed by atoms with Crippen molar-refractivity contribution in [3.8, 4) is 56.0 Å². The number of hydrogen-bond donors (Lipinski definition) is 0. The van der Waals surface area contributed by atoms with Crippen molar-refractivity contribution in [3.05, 3.63) is 182 Å². The lowest BCUT2D eigenvalue weighted by atomic mass is 9.95. The van der Waals surface area contributed by atoms with E-state index in [1.807, 2.05) is 18.2 Å². The summed E-state index contributed by atoms with van der Waals surface area (Å²) in [6, 6.07) is 63.9. The quantitative estimate of drug-likeness (QED) is 0.186. The van der Waals surface area contributed by atoms with Crippen LogP contribution in [0, 0.1) is 0 Å². The predicted molar refractivity (Wildman–Crippen MR) is 212 cm³/mol. The minimum absolute atomic E-state index is 0.703. The van der Waals surface area contributed by atoms with Crippen LogP contribution in [0.3, 0.4) is 0 Å². The molecular weight excluding hydrogens is 621 g/mol. The van der Waals surface area contributed by atoms with Crippen LogP contribution < -0.4 is 0 Å². The van der Waals surface area contributed by atoms with Gasteiger partial charge in [0.05, 0.1) is 11.2 Å². The van der Waals surface area contributed by atoms with E-state index in [1.165, 1.54) is 0 Å². The highest BCUT2D eigenvalue weighted by molar-refractivity contribution is 6.15. The number of nitrogens with zero attached hydrogens (tertiary/aromatic N) is 2. The fourth-order valence-corrected chi connectivity index (χ4v) is 7.29. The molecule has 0 N–H and O–H groups in total. The molecular formula is C48H30N2O. The highest BCUT2D eigenvalue weighted by Gasteiger charge is 2.15. The van der Waals surface area contributed by atoms with E-state index in [0.717, 1.165) is 93.8 Å². The van der Waals surface area contributed by atoms with Crippen molar-refractivity contribution in [2.45, 2.75) is 0 Å². The zero-order valence-corrected chi connectivity index (χ0v) is 27.6. The summed E-state index contributed by atoms with van der Waals surface area (Å²) in [5.41, 5.74) is 12.6. The van der Waals surface area contributed by atoms with Crippen LogP contribution in [0.4, 0.5) is 0 Å². The first kappa shape index (κ1) is 29.1. The monoisotopic (exact) mass is 650 g/mol. The number of hydrogen-bond acceptors (Lipinski definition) is 3. The molecule has 0 bridgehead atoms. The van der Waals surface area contributed by atoms with Crippen LogP contribution in [0.15, 0.2) is 186 Å². The first-order valence-corrected chi connectivity index (χ1v) is 17.2. The lowest BCUT2D eigenvalue weighted by molar-refractivity contribution is 0.672. The van der Waals surface area contributed by atoms with Gasteiger partial charge < -0.3 is 4.42 Å². The van der Waals surface area contributed by atoms with E-state index in [9.17, 15) is 0 Å². The Morgan fingerprint density at radius 3 is 1.65 bits per heavy atom. The van der Waals surface area contributed by atoms with Gasteiger partial charge in [-0.1, -0.05) is 133 Å².